The Hall–Kier alpha value is -0.0400. The minimum absolute atomic E-state index is 0.599. The third-order valence-electron chi connectivity index (χ3n) is 4.26. The van der Waals surface area contributed by atoms with E-state index in [1.54, 1.807) is 0 Å². The Labute approximate surface area is 82.1 Å². The summed E-state index contributed by atoms with van der Waals surface area (Å²) < 4.78 is 0. The average molecular weight is 181 g/mol. The van der Waals surface area contributed by atoms with E-state index in [0.717, 1.165) is 24.3 Å². The molecule has 2 N–H and O–H groups in total. The molecule has 0 aromatic rings. The van der Waals surface area contributed by atoms with Gasteiger partial charge in [-0.1, -0.05) is 33.1 Å². The average Bonchev–Trinajstić information content (AvgIpc) is 2.01. The summed E-state index contributed by atoms with van der Waals surface area (Å²) in [5, 5.41) is 0. The predicted octanol–water partition coefficient (Wildman–Crippen LogP) is 2.80. The van der Waals surface area contributed by atoms with Gasteiger partial charge in [-0.3, -0.25) is 0 Å². The van der Waals surface area contributed by atoms with Gasteiger partial charge in [-0.2, -0.15) is 0 Å². The predicted molar refractivity (Wildman–Crippen MR) is 56.4 cm³/mol. The van der Waals surface area contributed by atoms with Crippen LogP contribution in [0.3, 0.4) is 0 Å². The first-order valence-electron chi connectivity index (χ1n) is 5.82. The standard InChI is InChI=1S/C12H23N/c1-12(2)6-9-4-3-5-10(7-12)11(9)8-13/h9-11H,3-8,13H2,1-2H3. The van der Waals surface area contributed by atoms with Gasteiger partial charge in [-0.05, 0) is 42.6 Å². The molecule has 0 saturated heterocycles. The van der Waals surface area contributed by atoms with Crippen molar-refractivity contribution in [2.45, 2.75) is 46.0 Å². The van der Waals surface area contributed by atoms with Crippen LogP contribution in [0.25, 0.3) is 0 Å². The quantitative estimate of drug-likeness (QED) is 0.661. The van der Waals surface area contributed by atoms with Crippen LogP contribution in [-0.2, 0) is 0 Å². The van der Waals surface area contributed by atoms with Crippen LogP contribution in [0.1, 0.15) is 46.0 Å². The van der Waals surface area contributed by atoms with Crippen molar-refractivity contribution in [3.8, 4) is 0 Å². The van der Waals surface area contributed by atoms with Gasteiger partial charge in [-0.25, -0.2) is 0 Å². The fraction of sp³-hybridized carbons (Fsp3) is 1.00. The van der Waals surface area contributed by atoms with Gasteiger partial charge in [0.05, 0.1) is 0 Å². The second kappa shape index (κ2) is 3.27. The summed E-state index contributed by atoms with van der Waals surface area (Å²) >= 11 is 0. The van der Waals surface area contributed by atoms with Crippen LogP contribution in [0.5, 0.6) is 0 Å². The van der Waals surface area contributed by atoms with E-state index in [0.29, 0.717) is 5.41 Å². The minimum Gasteiger partial charge on any atom is -0.330 e. The first-order valence-corrected chi connectivity index (χ1v) is 5.82. The summed E-state index contributed by atoms with van der Waals surface area (Å²) in [5.41, 5.74) is 6.48. The monoisotopic (exact) mass is 181 g/mol. The van der Waals surface area contributed by atoms with Crippen LogP contribution in [0.2, 0.25) is 0 Å². The molecule has 0 radical (unpaired) electrons. The molecule has 1 nitrogen and oxygen atoms in total. The Morgan fingerprint density at radius 3 is 2.15 bits per heavy atom. The number of hydrogen-bond donors (Lipinski definition) is 1. The molecule has 0 spiro atoms. The molecule has 2 unspecified atom stereocenters. The van der Waals surface area contributed by atoms with Crippen LogP contribution in [0.4, 0.5) is 0 Å². The van der Waals surface area contributed by atoms with Gasteiger partial charge in [0, 0.05) is 0 Å². The van der Waals surface area contributed by atoms with Crippen LogP contribution < -0.4 is 5.73 Å². The zero-order chi connectivity index (χ0) is 9.47. The molecular weight excluding hydrogens is 158 g/mol. The fourth-order valence-corrected chi connectivity index (χ4v) is 3.85. The molecule has 2 fully saturated rings. The first kappa shape index (κ1) is 9.51. The number of nitrogens with two attached hydrogens (primary N) is 1. The molecule has 0 aromatic heterocycles. The lowest BCUT2D eigenvalue weighted by Gasteiger charge is -2.49. The highest BCUT2D eigenvalue weighted by atomic mass is 14.6. The van der Waals surface area contributed by atoms with E-state index in [1.807, 2.05) is 0 Å². The highest BCUT2D eigenvalue weighted by molar-refractivity contribution is 4.93. The van der Waals surface area contributed by atoms with Crippen molar-refractivity contribution in [3.63, 3.8) is 0 Å². The SMILES string of the molecule is CC1(C)CC2CCCC(C1)C2CN. The van der Waals surface area contributed by atoms with E-state index < -0.39 is 0 Å². The number of hydrogen-bond acceptors (Lipinski definition) is 1. The molecule has 1 heteroatoms. The van der Waals surface area contributed by atoms with Crippen molar-refractivity contribution >= 4 is 0 Å². The highest BCUT2D eigenvalue weighted by Gasteiger charge is 2.42. The van der Waals surface area contributed by atoms with Crippen LogP contribution in [0, 0.1) is 23.2 Å². The smallest absolute Gasteiger partial charge is 0.00436 e. The maximum Gasteiger partial charge on any atom is -0.00436 e. The molecular formula is C12H23N. The van der Waals surface area contributed by atoms with E-state index in [-0.39, 0.29) is 0 Å². The summed E-state index contributed by atoms with van der Waals surface area (Å²) in [6, 6.07) is 0. The molecule has 0 amide bonds. The van der Waals surface area contributed by atoms with Crippen LogP contribution in [0.15, 0.2) is 0 Å². The van der Waals surface area contributed by atoms with E-state index in [4.69, 9.17) is 5.73 Å². The minimum atomic E-state index is 0.599. The Morgan fingerprint density at radius 1 is 1.15 bits per heavy atom. The van der Waals surface area contributed by atoms with Crippen molar-refractivity contribution in [3.05, 3.63) is 0 Å². The zero-order valence-corrected chi connectivity index (χ0v) is 9.05. The van der Waals surface area contributed by atoms with Crippen LogP contribution >= 0.6 is 0 Å². The normalized spacial score (nSPS) is 43.2. The molecule has 76 valence electrons. The lowest BCUT2D eigenvalue weighted by molar-refractivity contribution is 0.0208. The van der Waals surface area contributed by atoms with Crippen molar-refractivity contribution in [2.24, 2.45) is 28.9 Å². The summed E-state index contributed by atoms with van der Waals surface area (Å²) in [7, 11) is 0. The van der Waals surface area contributed by atoms with Gasteiger partial charge in [-0.15, -0.1) is 0 Å². The third kappa shape index (κ3) is 1.76. The molecule has 2 aliphatic rings. The zero-order valence-electron chi connectivity index (χ0n) is 9.05. The Morgan fingerprint density at radius 2 is 1.69 bits per heavy atom. The van der Waals surface area contributed by atoms with Crippen molar-refractivity contribution in [1.29, 1.82) is 0 Å². The molecule has 0 heterocycles. The van der Waals surface area contributed by atoms with Crippen molar-refractivity contribution in [1.82, 2.24) is 0 Å². The molecule has 2 aliphatic carbocycles. The first-order chi connectivity index (χ1) is 6.12. The Kier molecular flexibility index (Phi) is 2.39. The van der Waals surface area contributed by atoms with Crippen LogP contribution in [-0.4, -0.2) is 6.54 Å². The molecule has 0 aromatic carbocycles. The highest BCUT2D eigenvalue weighted by Crippen LogP contribution is 2.51. The van der Waals surface area contributed by atoms with Crippen molar-refractivity contribution < 1.29 is 0 Å². The lowest BCUT2D eigenvalue weighted by atomic mass is 9.57. The summed E-state index contributed by atoms with van der Waals surface area (Å²) in [4.78, 5) is 0. The maximum atomic E-state index is 5.88. The second-order valence-electron chi connectivity index (χ2n) is 5.92. The Bertz CT molecular complexity index is 170. The lowest BCUT2D eigenvalue weighted by Crippen LogP contribution is -2.43. The summed E-state index contributed by atoms with van der Waals surface area (Å²) in [5.74, 6) is 2.77. The molecule has 2 atom stereocenters. The topological polar surface area (TPSA) is 26.0 Å². The van der Waals surface area contributed by atoms with E-state index >= 15 is 0 Å². The molecule has 2 bridgehead atoms. The largest absolute Gasteiger partial charge is 0.330 e. The van der Waals surface area contributed by atoms with Gasteiger partial charge in [0.25, 0.3) is 0 Å². The van der Waals surface area contributed by atoms with E-state index in [2.05, 4.69) is 13.8 Å². The fourth-order valence-electron chi connectivity index (χ4n) is 3.85. The van der Waals surface area contributed by atoms with Gasteiger partial charge in [0.1, 0.15) is 0 Å². The van der Waals surface area contributed by atoms with E-state index in [1.165, 1.54) is 32.1 Å². The molecule has 2 rings (SSSR count). The molecule has 2 saturated carbocycles. The summed E-state index contributed by atoms with van der Waals surface area (Å²) in [6.07, 6.45) is 7.20. The summed E-state index contributed by atoms with van der Waals surface area (Å²) in [6.45, 7) is 5.81. The number of rotatable bonds is 1. The van der Waals surface area contributed by atoms with Gasteiger partial charge in [0.2, 0.25) is 0 Å². The number of fused-ring (bicyclic) bond motifs is 2. The molecule has 13 heavy (non-hydrogen) atoms. The van der Waals surface area contributed by atoms with Gasteiger partial charge in [0.15, 0.2) is 0 Å². The Balaban J connectivity index is 2.12. The third-order valence-corrected chi connectivity index (χ3v) is 4.26. The molecule has 0 aliphatic heterocycles. The van der Waals surface area contributed by atoms with E-state index in [9.17, 15) is 0 Å². The van der Waals surface area contributed by atoms with Gasteiger partial charge < -0.3 is 5.73 Å². The van der Waals surface area contributed by atoms with Gasteiger partial charge >= 0.3 is 0 Å². The van der Waals surface area contributed by atoms with Crippen molar-refractivity contribution in [2.75, 3.05) is 6.54 Å². The maximum absolute atomic E-state index is 5.88. The second-order valence-corrected chi connectivity index (χ2v) is 5.92.